The molecule has 0 aromatic heterocycles. The minimum absolute atomic E-state index is 0.135. The first-order chi connectivity index (χ1) is 14.0. The summed E-state index contributed by atoms with van der Waals surface area (Å²) in [4.78, 5) is 15.2. The summed E-state index contributed by atoms with van der Waals surface area (Å²) in [6, 6.07) is 9.16. The molecule has 1 heterocycles. The molecule has 1 amide bonds. The first kappa shape index (κ1) is 22.0. The lowest BCUT2D eigenvalue weighted by molar-refractivity contribution is -0.137. The Labute approximate surface area is 169 Å². The molecule has 2 aromatic carbocycles. The Kier molecular flexibility index (Phi) is 6.02. The molecule has 30 heavy (non-hydrogen) atoms. The van der Waals surface area contributed by atoms with E-state index < -0.39 is 38.1 Å². The standard InChI is InChI=1S/C19H17F5N2O3S/c20-18(21)30(28,29)16-6-4-13(5-7-16)17(27)26-10-8-25(9-11-26)15-3-1-2-14(12-15)19(22,23)24/h1-7,12,18H,8-11H2. The van der Waals surface area contributed by atoms with Crippen molar-refractivity contribution in [3.05, 3.63) is 59.7 Å². The maximum Gasteiger partial charge on any atom is 0.416 e. The van der Waals surface area contributed by atoms with E-state index >= 15 is 0 Å². The van der Waals surface area contributed by atoms with Crippen molar-refractivity contribution in [1.82, 2.24) is 4.90 Å². The second-order valence-electron chi connectivity index (χ2n) is 6.66. The van der Waals surface area contributed by atoms with Gasteiger partial charge in [-0.05, 0) is 42.5 Å². The van der Waals surface area contributed by atoms with Crippen LogP contribution in [0.4, 0.5) is 27.6 Å². The summed E-state index contributed by atoms with van der Waals surface area (Å²) in [7, 11) is -4.74. The quantitative estimate of drug-likeness (QED) is 0.670. The maximum absolute atomic E-state index is 12.9. The Morgan fingerprint density at radius 3 is 2.07 bits per heavy atom. The minimum Gasteiger partial charge on any atom is -0.368 e. The van der Waals surface area contributed by atoms with Crippen LogP contribution in [-0.4, -0.2) is 51.2 Å². The predicted octanol–water partition coefficient (Wildman–Crippen LogP) is 3.66. The third-order valence-electron chi connectivity index (χ3n) is 4.77. The molecule has 1 aliphatic rings. The van der Waals surface area contributed by atoms with Crippen LogP contribution in [0, 0.1) is 0 Å². The molecule has 3 rings (SSSR count). The average molecular weight is 448 g/mol. The number of carbonyl (C=O) groups is 1. The van der Waals surface area contributed by atoms with Gasteiger partial charge in [0.15, 0.2) is 0 Å². The lowest BCUT2D eigenvalue weighted by Crippen LogP contribution is -2.48. The Morgan fingerprint density at radius 2 is 1.53 bits per heavy atom. The van der Waals surface area contributed by atoms with Crippen LogP contribution in [0.25, 0.3) is 0 Å². The Morgan fingerprint density at radius 1 is 0.933 bits per heavy atom. The maximum atomic E-state index is 12.9. The molecule has 0 radical (unpaired) electrons. The van der Waals surface area contributed by atoms with Gasteiger partial charge in [-0.15, -0.1) is 0 Å². The molecular formula is C19H17F5N2O3S. The Bertz CT molecular complexity index is 1020. The van der Waals surface area contributed by atoms with E-state index in [9.17, 15) is 35.2 Å². The van der Waals surface area contributed by atoms with Crippen molar-refractivity contribution >= 4 is 21.4 Å². The van der Waals surface area contributed by atoms with Crippen LogP contribution in [0.5, 0.6) is 0 Å². The molecule has 1 aliphatic heterocycles. The van der Waals surface area contributed by atoms with Crippen LogP contribution < -0.4 is 4.90 Å². The SMILES string of the molecule is O=C(c1ccc(S(=O)(=O)C(F)F)cc1)N1CCN(c2cccc(C(F)(F)F)c2)CC1. The zero-order valence-corrected chi connectivity index (χ0v) is 16.3. The molecule has 0 spiro atoms. The van der Waals surface area contributed by atoms with Crippen molar-refractivity contribution in [1.29, 1.82) is 0 Å². The highest BCUT2D eigenvalue weighted by Gasteiger charge is 2.31. The number of anilines is 1. The van der Waals surface area contributed by atoms with Gasteiger partial charge in [-0.25, -0.2) is 8.42 Å². The van der Waals surface area contributed by atoms with E-state index in [1.165, 1.54) is 11.0 Å². The summed E-state index contributed by atoms with van der Waals surface area (Å²) in [5, 5.41) is 0. The molecule has 0 unspecified atom stereocenters. The lowest BCUT2D eigenvalue weighted by Gasteiger charge is -2.36. The average Bonchev–Trinajstić information content (AvgIpc) is 2.73. The van der Waals surface area contributed by atoms with Gasteiger partial charge in [0.05, 0.1) is 10.5 Å². The summed E-state index contributed by atoms with van der Waals surface area (Å²) >= 11 is 0. The molecule has 0 bridgehead atoms. The van der Waals surface area contributed by atoms with Crippen molar-refractivity contribution in [2.45, 2.75) is 16.8 Å². The van der Waals surface area contributed by atoms with E-state index in [0.717, 1.165) is 36.4 Å². The van der Waals surface area contributed by atoms with Crippen molar-refractivity contribution in [2.24, 2.45) is 0 Å². The van der Waals surface area contributed by atoms with Crippen LogP contribution in [0.3, 0.4) is 0 Å². The normalized spacial score (nSPS) is 15.5. The van der Waals surface area contributed by atoms with Gasteiger partial charge >= 0.3 is 11.9 Å². The summed E-state index contributed by atoms with van der Waals surface area (Å²) < 4.78 is 86.7. The van der Waals surface area contributed by atoms with Gasteiger partial charge in [-0.1, -0.05) is 6.07 Å². The van der Waals surface area contributed by atoms with Gasteiger partial charge in [0.2, 0.25) is 9.84 Å². The summed E-state index contributed by atoms with van der Waals surface area (Å²) in [5.74, 6) is -3.97. The second-order valence-corrected chi connectivity index (χ2v) is 8.58. The number of carbonyl (C=O) groups excluding carboxylic acids is 1. The number of alkyl halides is 5. The van der Waals surface area contributed by atoms with Crippen LogP contribution in [0.2, 0.25) is 0 Å². The van der Waals surface area contributed by atoms with Crippen molar-refractivity contribution in [2.75, 3.05) is 31.1 Å². The van der Waals surface area contributed by atoms with E-state index in [4.69, 9.17) is 0 Å². The number of piperazine rings is 1. The molecule has 11 heteroatoms. The number of benzene rings is 2. The van der Waals surface area contributed by atoms with Crippen molar-refractivity contribution in [3.8, 4) is 0 Å². The largest absolute Gasteiger partial charge is 0.416 e. The van der Waals surface area contributed by atoms with Crippen LogP contribution >= 0.6 is 0 Å². The van der Waals surface area contributed by atoms with Crippen molar-refractivity contribution in [3.63, 3.8) is 0 Å². The fourth-order valence-electron chi connectivity index (χ4n) is 3.12. The zero-order chi connectivity index (χ0) is 22.1. The highest BCUT2D eigenvalue weighted by molar-refractivity contribution is 7.91. The summed E-state index contributed by atoms with van der Waals surface area (Å²) in [5.41, 5.74) is -0.216. The summed E-state index contributed by atoms with van der Waals surface area (Å²) in [6.07, 6.45) is -4.45. The van der Waals surface area contributed by atoms with Crippen LogP contribution in [0.1, 0.15) is 15.9 Å². The summed E-state index contributed by atoms with van der Waals surface area (Å²) in [6.45, 7) is 1.11. The monoisotopic (exact) mass is 448 g/mol. The highest BCUT2D eigenvalue weighted by atomic mass is 32.2. The van der Waals surface area contributed by atoms with Gasteiger partial charge in [-0.3, -0.25) is 4.79 Å². The molecule has 0 N–H and O–H groups in total. The number of sulfone groups is 1. The molecular weight excluding hydrogens is 431 g/mol. The highest BCUT2D eigenvalue weighted by Crippen LogP contribution is 2.32. The molecule has 5 nitrogen and oxygen atoms in total. The molecule has 162 valence electrons. The molecule has 1 saturated heterocycles. The third-order valence-corrected chi connectivity index (χ3v) is 6.17. The van der Waals surface area contributed by atoms with E-state index in [1.807, 2.05) is 0 Å². The molecule has 0 saturated carbocycles. The first-order valence-corrected chi connectivity index (χ1v) is 10.4. The second kappa shape index (κ2) is 8.21. The van der Waals surface area contributed by atoms with Gasteiger partial charge in [-0.2, -0.15) is 22.0 Å². The minimum atomic E-state index is -4.74. The third kappa shape index (κ3) is 4.55. The topological polar surface area (TPSA) is 57.7 Å². The number of halogens is 5. The van der Waals surface area contributed by atoms with Crippen LogP contribution in [-0.2, 0) is 16.0 Å². The Hall–Kier alpha value is -2.69. The number of amides is 1. The number of hydrogen-bond donors (Lipinski definition) is 0. The van der Waals surface area contributed by atoms with Gasteiger partial charge in [0, 0.05) is 37.4 Å². The number of nitrogens with zero attached hydrogens (tertiary/aromatic N) is 2. The number of rotatable bonds is 4. The molecule has 0 atom stereocenters. The van der Waals surface area contributed by atoms with Crippen molar-refractivity contribution < 1.29 is 35.2 Å². The van der Waals surface area contributed by atoms with Crippen LogP contribution in [0.15, 0.2) is 53.4 Å². The number of hydrogen-bond acceptors (Lipinski definition) is 4. The fraction of sp³-hybridized carbons (Fsp3) is 0.316. The Balaban J connectivity index is 1.66. The van der Waals surface area contributed by atoms with E-state index in [2.05, 4.69) is 0 Å². The van der Waals surface area contributed by atoms with E-state index in [-0.39, 0.29) is 18.7 Å². The van der Waals surface area contributed by atoms with E-state index in [0.29, 0.717) is 18.8 Å². The smallest absolute Gasteiger partial charge is 0.368 e. The van der Waals surface area contributed by atoms with E-state index in [1.54, 1.807) is 11.0 Å². The first-order valence-electron chi connectivity index (χ1n) is 8.84. The molecule has 0 aliphatic carbocycles. The lowest BCUT2D eigenvalue weighted by atomic mass is 10.1. The fourth-order valence-corrected chi connectivity index (χ4v) is 3.84. The zero-order valence-electron chi connectivity index (χ0n) is 15.4. The molecule has 1 fully saturated rings. The predicted molar refractivity (Wildman–Crippen MR) is 99.2 cm³/mol. The van der Waals surface area contributed by atoms with Gasteiger partial charge in [0.25, 0.3) is 5.91 Å². The van der Waals surface area contributed by atoms with Gasteiger partial charge < -0.3 is 9.80 Å². The van der Waals surface area contributed by atoms with Gasteiger partial charge in [0.1, 0.15) is 0 Å². The molecule has 2 aromatic rings.